The summed E-state index contributed by atoms with van der Waals surface area (Å²) in [6.45, 7) is 5.27. The molecule has 158 valence electrons. The van der Waals surface area contributed by atoms with Crippen molar-refractivity contribution in [3.05, 3.63) is 46.8 Å². The van der Waals surface area contributed by atoms with Crippen LogP contribution in [0.1, 0.15) is 48.1 Å². The molecule has 1 unspecified atom stereocenters. The van der Waals surface area contributed by atoms with Crippen LogP contribution in [0, 0.1) is 0 Å². The van der Waals surface area contributed by atoms with Gasteiger partial charge in [-0.05, 0) is 39.0 Å². The summed E-state index contributed by atoms with van der Waals surface area (Å²) in [5.41, 5.74) is -1.27. The number of aromatic nitrogens is 2. The monoisotopic (exact) mass is 413 g/mol. The fourth-order valence-electron chi connectivity index (χ4n) is 3.23. The smallest absolute Gasteiger partial charge is 0.435 e. The Bertz CT molecular complexity index is 918. The third kappa shape index (κ3) is 4.60. The van der Waals surface area contributed by atoms with Crippen LogP contribution in [0.25, 0.3) is 5.69 Å². The van der Waals surface area contributed by atoms with Gasteiger partial charge in [-0.25, -0.2) is 9.48 Å². The summed E-state index contributed by atoms with van der Waals surface area (Å²) in [5, 5.41) is 23.2. The van der Waals surface area contributed by atoms with E-state index in [0.29, 0.717) is 5.69 Å². The predicted octanol–water partition coefficient (Wildman–Crippen LogP) is 3.04. The molecule has 1 atom stereocenters. The molecule has 29 heavy (non-hydrogen) atoms. The van der Waals surface area contributed by atoms with E-state index in [9.17, 15) is 23.1 Å². The lowest BCUT2D eigenvalue weighted by molar-refractivity contribution is -0.243. The topological polar surface area (TPSA) is 87.8 Å². The van der Waals surface area contributed by atoms with Crippen LogP contribution in [-0.4, -0.2) is 49.4 Å². The van der Waals surface area contributed by atoms with Crippen LogP contribution in [0.4, 0.5) is 13.2 Å². The molecule has 0 saturated heterocycles. The molecule has 2 N–H and O–H groups in total. The van der Waals surface area contributed by atoms with E-state index < -0.39 is 29.9 Å². The highest BCUT2D eigenvalue weighted by atomic mass is 19.4. The molecule has 1 aliphatic rings. The van der Waals surface area contributed by atoms with Crippen molar-refractivity contribution in [1.29, 1.82) is 0 Å². The van der Waals surface area contributed by atoms with Gasteiger partial charge in [0.15, 0.2) is 5.69 Å². The van der Waals surface area contributed by atoms with Crippen molar-refractivity contribution < 1.29 is 32.9 Å². The molecule has 1 aromatic heterocycles. The fraction of sp³-hybridized carbons (Fsp3) is 0.474. The summed E-state index contributed by atoms with van der Waals surface area (Å²) < 4.78 is 47.5. The van der Waals surface area contributed by atoms with Gasteiger partial charge in [0.25, 0.3) is 0 Å². The van der Waals surface area contributed by atoms with Gasteiger partial charge in [0.05, 0.1) is 22.5 Å². The normalized spacial score (nSPS) is 16.5. The van der Waals surface area contributed by atoms with E-state index in [1.807, 2.05) is 0 Å². The van der Waals surface area contributed by atoms with Gasteiger partial charge in [-0.2, -0.15) is 18.3 Å². The molecule has 0 amide bonds. The van der Waals surface area contributed by atoms with E-state index in [4.69, 9.17) is 9.84 Å². The minimum Gasteiger partial charge on any atom is -0.478 e. The number of fused-ring (bicyclic) bond motifs is 1. The number of benzene rings is 1. The second-order valence-corrected chi connectivity index (χ2v) is 7.82. The average molecular weight is 413 g/mol. The summed E-state index contributed by atoms with van der Waals surface area (Å²) in [7, 11) is 0. The average Bonchev–Trinajstić information content (AvgIpc) is 2.99. The number of hydrogen-bond acceptors (Lipinski definition) is 5. The first-order chi connectivity index (χ1) is 13.4. The number of nitrogens with zero attached hydrogens (tertiary/aromatic N) is 3. The summed E-state index contributed by atoms with van der Waals surface area (Å²) >= 11 is 0. The molecule has 1 aromatic carbocycles. The fourth-order valence-corrected chi connectivity index (χ4v) is 3.23. The number of aromatic carboxylic acids is 1. The van der Waals surface area contributed by atoms with E-state index in [2.05, 4.69) is 5.10 Å². The van der Waals surface area contributed by atoms with E-state index in [1.54, 1.807) is 20.8 Å². The van der Waals surface area contributed by atoms with Gasteiger partial charge >= 0.3 is 12.1 Å². The van der Waals surface area contributed by atoms with Crippen LogP contribution < -0.4 is 0 Å². The van der Waals surface area contributed by atoms with Crippen molar-refractivity contribution in [3.8, 4) is 5.69 Å². The zero-order valence-corrected chi connectivity index (χ0v) is 16.2. The Balaban J connectivity index is 2.02. The van der Waals surface area contributed by atoms with Crippen molar-refractivity contribution >= 4 is 5.97 Å². The molecule has 0 saturated carbocycles. The molecule has 10 heteroatoms. The quantitative estimate of drug-likeness (QED) is 0.750. The van der Waals surface area contributed by atoms with Crippen molar-refractivity contribution in [2.45, 2.75) is 51.9 Å². The summed E-state index contributed by atoms with van der Waals surface area (Å²) in [6.07, 6.45) is -5.87. The third-order valence-electron chi connectivity index (χ3n) is 4.46. The lowest BCUT2D eigenvalue weighted by atomic mass is 10.0. The number of carbonyl (C=O) groups is 1. The highest BCUT2D eigenvalue weighted by Crippen LogP contribution is 2.36. The molecule has 0 bridgehead atoms. The van der Waals surface area contributed by atoms with Crippen LogP contribution in [0.2, 0.25) is 0 Å². The van der Waals surface area contributed by atoms with Crippen LogP contribution in [0.3, 0.4) is 0 Å². The van der Waals surface area contributed by atoms with E-state index >= 15 is 0 Å². The van der Waals surface area contributed by atoms with Crippen LogP contribution >= 0.6 is 0 Å². The highest BCUT2D eigenvalue weighted by Gasteiger charge is 2.42. The third-order valence-corrected chi connectivity index (χ3v) is 4.46. The lowest BCUT2D eigenvalue weighted by Crippen LogP contribution is -2.44. The number of carboxylic acid groups (broad SMARTS) is 1. The van der Waals surface area contributed by atoms with E-state index in [1.165, 1.54) is 29.2 Å². The summed E-state index contributed by atoms with van der Waals surface area (Å²) in [5.74, 6) is -1.18. The van der Waals surface area contributed by atoms with Gasteiger partial charge < -0.3 is 14.9 Å². The first-order valence-electron chi connectivity index (χ1n) is 8.98. The van der Waals surface area contributed by atoms with Crippen molar-refractivity contribution in [2.24, 2.45) is 0 Å². The van der Waals surface area contributed by atoms with E-state index in [-0.39, 0.29) is 36.3 Å². The minimum absolute atomic E-state index is 0.0493. The second-order valence-electron chi connectivity index (χ2n) is 7.82. The molecule has 0 radical (unpaired) electrons. The Morgan fingerprint density at radius 2 is 1.97 bits per heavy atom. The van der Waals surface area contributed by atoms with Gasteiger partial charge in [0, 0.05) is 25.1 Å². The zero-order chi connectivity index (χ0) is 21.6. The molecule has 2 heterocycles. The number of rotatable bonds is 4. The Morgan fingerprint density at radius 3 is 2.55 bits per heavy atom. The number of halogens is 3. The number of ether oxygens (including phenoxy) is 1. The van der Waals surface area contributed by atoms with Gasteiger partial charge in [-0.3, -0.25) is 4.90 Å². The molecule has 7 nitrogen and oxygen atoms in total. The zero-order valence-electron chi connectivity index (χ0n) is 16.2. The summed E-state index contributed by atoms with van der Waals surface area (Å²) in [6, 6.07) is 5.59. The van der Waals surface area contributed by atoms with E-state index in [0.717, 1.165) is 4.68 Å². The van der Waals surface area contributed by atoms with Crippen LogP contribution in [0.15, 0.2) is 24.3 Å². The van der Waals surface area contributed by atoms with Gasteiger partial charge in [0.1, 0.15) is 0 Å². The number of aliphatic hydroxyl groups is 1. The Morgan fingerprint density at radius 1 is 1.28 bits per heavy atom. The van der Waals surface area contributed by atoms with Gasteiger partial charge in [-0.15, -0.1) is 0 Å². The lowest BCUT2D eigenvalue weighted by Gasteiger charge is -2.35. The van der Waals surface area contributed by atoms with Crippen molar-refractivity contribution in [1.82, 2.24) is 14.7 Å². The number of aliphatic hydroxyl groups excluding tert-OH is 1. The van der Waals surface area contributed by atoms with Gasteiger partial charge in [0.2, 0.25) is 6.41 Å². The molecule has 0 spiro atoms. The van der Waals surface area contributed by atoms with Crippen molar-refractivity contribution in [2.75, 3.05) is 6.54 Å². The van der Waals surface area contributed by atoms with Gasteiger partial charge in [-0.1, -0.05) is 6.07 Å². The first-order valence-corrected chi connectivity index (χ1v) is 8.98. The first kappa shape index (κ1) is 21.3. The Labute approximate surface area is 165 Å². The molecule has 0 aliphatic carbocycles. The highest BCUT2D eigenvalue weighted by molar-refractivity contribution is 5.88. The number of alkyl halides is 3. The Kier molecular flexibility index (Phi) is 5.46. The largest absolute Gasteiger partial charge is 0.478 e. The maximum atomic E-state index is 13.6. The maximum Gasteiger partial charge on any atom is 0.435 e. The second kappa shape index (κ2) is 7.43. The molecule has 1 aliphatic heterocycles. The number of hydrogen-bond donors (Lipinski definition) is 2. The minimum atomic E-state index is -4.70. The molecule has 0 fully saturated rings. The van der Waals surface area contributed by atoms with Crippen molar-refractivity contribution in [3.63, 3.8) is 0 Å². The SMILES string of the molecule is CC(C)(C)OC(O)N1CCc2c(c(C(F)(F)F)nn2-c2cccc(C(=O)O)c2)C1. The van der Waals surface area contributed by atoms with Crippen LogP contribution in [0.5, 0.6) is 0 Å². The predicted molar refractivity (Wildman–Crippen MR) is 96.5 cm³/mol. The molecule has 2 aromatic rings. The maximum absolute atomic E-state index is 13.6. The van der Waals surface area contributed by atoms with Crippen LogP contribution in [-0.2, 0) is 23.9 Å². The molecular weight excluding hydrogens is 391 g/mol. The number of carboxylic acids is 1. The molecule has 3 rings (SSSR count). The Hall–Kier alpha value is -2.43. The standard InChI is InChI=1S/C19H22F3N3O4/c1-18(2,3)29-17(28)24-8-7-14-13(10-24)15(19(20,21)22)23-25(14)12-6-4-5-11(9-12)16(26)27/h4-6,9,17,28H,7-8,10H2,1-3H3,(H,26,27). The molecular formula is C19H22F3N3O4. The summed E-state index contributed by atoms with van der Waals surface area (Å²) in [4.78, 5) is 12.6.